The molecule has 4 heteroatoms. The Bertz CT molecular complexity index is 645. The largest absolute Gasteiger partial charge is 0.496 e. The van der Waals surface area contributed by atoms with Gasteiger partial charge in [-0.25, -0.2) is 5.01 Å². The van der Waals surface area contributed by atoms with Gasteiger partial charge >= 0.3 is 0 Å². The predicted octanol–water partition coefficient (Wildman–Crippen LogP) is 4.45. The van der Waals surface area contributed by atoms with Gasteiger partial charge in [-0.2, -0.15) is 0 Å². The van der Waals surface area contributed by atoms with Crippen LogP contribution in [0.4, 0.5) is 5.69 Å². The maximum Gasteiger partial charge on any atom is 0.133 e. The van der Waals surface area contributed by atoms with Gasteiger partial charge in [-0.1, -0.05) is 25.1 Å². The first kappa shape index (κ1) is 15.4. The van der Waals surface area contributed by atoms with Crippen molar-refractivity contribution in [2.24, 2.45) is 0 Å². The summed E-state index contributed by atoms with van der Waals surface area (Å²) in [5.74, 6) is 1.38. The molecule has 0 saturated carbocycles. The number of rotatable bonds is 3. The van der Waals surface area contributed by atoms with E-state index in [1.165, 1.54) is 11.1 Å². The van der Waals surface area contributed by atoms with Crippen LogP contribution in [-0.2, 0) is 6.42 Å². The van der Waals surface area contributed by atoms with Gasteiger partial charge < -0.3 is 10.2 Å². The minimum absolute atomic E-state index is 0.468. The number of nitrogens with zero attached hydrogens (tertiary/aromatic N) is 1. The van der Waals surface area contributed by atoms with E-state index in [0.29, 0.717) is 5.92 Å². The molecule has 1 aliphatic heterocycles. The molecule has 0 aromatic heterocycles. The van der Waals surface area contributed by atoms with Gasteiger partial charge in [0.15, 0.2) is 0 Å². The van der Waals surface area contributed by atoms with Crippen LogP contribution in [0.2, 0.25) is 0 Å². The number of hydrogen-bond acceptors (Lipinski definition) is 3. The Labute approximate surface area is 140 Å². The third kappa shape index (κ3) is 3.28. The molecule has 1 atom stereocenters. The molecule has 3 rings (SSSR count). The van der Waals surface area contributed by atoms with Crippen LogP contribution in [-0.4, -0.2) is 25.2 Å². The van der Waals surface area contributed by atoms with Gasteiger partial charge in [-0.15, -0.1) is 0 Å². The Morgan fingerprint density at radius 3 is 2.73 bits per heavy atom. The molecule has 3 nitrogen and oxygen atoms in total. The molecule has 0 radical (unpaired) electrons. The van der Waals surface area contributed by atoms with Crippen molar-refractivity contribution in [2.75, 3.05) is 25.6 Å². The number of fused-ring (bicyclic) bond motifs is 1. The van der Waals surface area contributed by atoms with E-state index < -0.39 is 0 Å². The van der Waals surface area contributed by atoms with E-state index in [9.17, 15) is 0 Å². The first-order valence-electron chi connectivity index (χ1n) is 7.60. The number of para-hydroxylation sites is 1. The van der Waals surface area contributed by atoms with Crippen LogP contribution in [0, 0.1) is 0 Å². The fourth-order valence-corrected chi connectivity index (χ4v) is 3.54. The Morgan fingerprint density at radius 2 is 2.00 bits per heavy atom. The Kier molecular flexibility index (Phi) is 4.69. The lowest BCUT2D eigenvalue weighted by molar-refractivity contribution is 0.327. The number of hydrazine groups is 1. The van der Waals surface area contributed by atoms with Crippen LogP contribution in [0.25, 0.3) is 0 Å². The van der Waals surface area contributed by atoms with Crippen molar-refractivity contribution in [3.63, 3.8) is 0 Å². The van der Waals surface area contributed by atoms with Gasteiger partial charge in [0.25, 0.3) is 0 Å². The van der Waals surface area contributed by atoms with E-state index in [1.807, 2.05) is 6.07 Å². The zero-order valence-corrected chi connectivity index (χ0v) is 14.6. The summed E-state index contributed by atoms with van der Waals surface area (Å²) in [6, 6.07) is 14.7. The third-order valence-corrected chi connectivity index (χ3v) is 4.77. The van der Waals surface area contributed by atoms with Crippen molar-refractivity contribution in [1.29, 1.82) is 0 Å². The minimum atomic E-state index is 0.468. The number of ether oxygens (including phenoxy) is 1. The second-order valence-corrected chi connectivity index (χ2v) is 6.61. The molecule has 0 saturated heterocycles. The molecule has 1 N–H and O–H groups in total. The zero-order chi connectivity index (χ0) is 15.5. The molecule has 0 spiro atoms. The fourth-order valence-electron chi connectivity index (χ4n) is 3.01. The smallest absolute Gasteiger partial charge is 0.133 e. The van der Waals surface area contributed by atoms with Crippen LogP contribution in [0.3, 0.4) is 0 Å². The van der Waals surface area contributed by atoms with Crippen LogP contribution in [0.15, 0.2) is 46.9 Å². The monoisotopic (exact) mass is 360 g/mol. The van der Waals surface area contributed by atoms with Gasteiger partial charge in [-0.05, 0) is 63.7 Å². The molecule has 0 amide bonds. The molecule has 0 fully saturated rings. The maximum absolute atomic E-state index is 5.43. The zero-order valence-electron chi connectivity index (χ0n) is 13.0. The summed E-state index contributed by atoms with van der Waals surface area (Å²) in [6.07, 6.45) is 1.02. The molecule has 116 valence electrons. The van der Waals surface area contributed by atoms with Crippen molar-refractivity contribution in [3.05, 3.63) is 58.1 Å². The number of benzene rings is 2. The number of halogens is 1. The average Bonchev–Trinajstić information content (AvgIpc) is 2.67. The van der Waals surface area contributed by atoms with Crippen LogP contribution < -0.4 is 10.2 Å². The van der Waals surface area contributed by atoms with Gasteiger partial charge in [0.05, 0.1) is 11.6 Å². The van der Waals surface area contributed by atoms with E-state index in [0.717, 1.165) is 35.4 Å². The summed E-state index contributed by atoms with van der Waals surface area (Å²) in [5, 5.41) is 2.31. The molecule has 2 aromatic carbocycles. The highest BCUT2D eigenvalue weighted by Gasteiger charge is 2.21. The predicted molar refractivity (Wildman–Crippen MR) is 94.5 cm³/mol. The van der Waals surface area contributed by atoms with Crippen LogP contribution in [0.1, 0.15) is 24.0 Å². The molecular weight excluding hydrogens is 340 g/mol. The van der Waals surface area contributed by atoms with E-state index in [4.69, 9.17) is 4.74 Å². The van der Waals surface area contributed by atoms with Gasteiger partial charge in [0.2, 0.25) is 0 Å². The van der Waals surface area contributed by atoms with E-state index in [2.05, 4.69) is 69.7 Å². The molecule has 1 aliphatic rings. The Balaban J connectivity index is 1.80. The molecular formula is C18H21BrN2O. The lowest BCUT2D eigenvalue weighted by atomic mass is 9.95. The second-order valence-electron chi connectivity index (χ2n) is 5.76. The molecule has 2 aromatic rings. The molecule has 0 bridgehead atoms. The first-order valence-corrected chi connectivity index (χ1v) is 8.39. The first-order chi connectivity index (χ1) is 10.7. The normalized spacial score (nSPS) is 18.4. The van der Waals surface area contributed by atoms with Gasteiger partial charge in [0, 0.05) is 18.8 Å². The number of hydrogen-bond donors (Lipinski definition) is 1. The third-order valence-electron chi connectivity index (χ3n) is 4.15. The van der Waals surface area contributed by atoms with Crippen molar-refractivity contribution in [1.82, 2.24) is 5.01 Å². The van der Waals surface area contributed by atoms with Gasteiger partial charge in [-0.3, -0.25) is 0 Å². The molecule has 1 heterocycles. The quantitative estimate of drug-likeness (QED) is 0.874. The lowest BCUT2D eigenvalue weighted by Gasteiger charge is -2.24. The minimum Gasteiger partial charge on any atom is -0.496 e. The Morgan fingerprint density at radius 1 is 1.23 bits per heavy atom. The molecule has 0 aliphatic carbocycles. The van der Waals surface area contributed by atoms with E-state index in [-0.39, 0.29) is 0 Å². The highest BCUT2D eigenvalue weighted by atomic mass is 79.9. The number of anilines is 1. The van der Waals surface area contributed by atoms with Crippen LogP contribution in [0.5, 0.6) is 5.75 Å². The maximum atomic E-state index is 5.43. The topological polar surface area (TPSA) is 24.5 Å². The fraction of sp³-hybridized carbons (Fsp3) is 0.333. The number of nitrogens with one attached hydrogen (secondary N) is 1. The standard InChI is InChI=1S/C18H21BrN2O/c1-13-12-21(20-15-6-4-3-5-7-15)9-8-14-10-18(22-2)17(19)11-16(13)14/h3-7,10-11,13,20H,8-9,12H2,1-2H3. The SMILES string of the molecule is COc1cc2c(cc1Br)C(C)CN(Nc1ccccc1)CC2. The number of methoxy groups -OCH3 is 1. The highest BCUT2D eigenvalue weighted by Crippen LogP contribution is 2.34. The summed E-state index contributed by atoms with van der Waals surface area (Å²) in [5.41, 5.74) is 7.45. The van der Waals surface area contributed by atoms with Crippen molar-refractivity contribution in [3.8, 4) is 5.75 Å². The van der Waals surface area contributed by atoms with E-state index >= 15 is 0 Å². The van der Waals surface area contributed by atoms with Crippen molar-refractivity contribution >= 4 is 21.6 Å². The second kappa shape index (κ2) is 6.71. The van der Waals surface area contributed by atoms with Crippen molar-refractivity contribution in [2.45, 2.75) is 19.3 Å². The molecule has 22 heavy (non-hydrogen) atoms. The Hall–Kier alpha value is -1.52. The lowest BCUT2D eigenvalue weighted by Crippen LogP contribution is -2.33. The highest BCUT2D eigenvalue weighted by molar-refractivity contribution is 9.10. The van der Waals surface area contributed by atoms with Gasteiger partial charge in [0.1, 0.15) is 5.75 Å². The average molecular weight is 361 g/mol. The van der Waals surface area contributed by atoms with Crippen molar-refractivity contribution < 1.29 is 4.74 Å². The van der Waals surface area contributed by atoms with E-state index in [1.54, 1.807) is 7.11 Å². The summed E-state index contributed by atoms with van der Waals surface area (Å²) < 4.78 is 6.47. The summed E-state index contributed by atoms with van der Waals surface area (Å²) in [4.78, 5) is 0. The van der Waals surface area contributed by atoms with Crippen LogP contribution >= 0.6 is 15.9 Å². The summed E-state index contributed by atoms with van der Waals surface area (Å²) in [6.45, 7) is 4.25. The summed E-state index contributed by atoms with van der Waals surface area (Å²) in [7, 11) is 1.72. The summed E-state index contributed by atoms with van der Waals surface area (Å²) >= 11 is 3.60. The molecule has 1 unspecified atom stereocenters.